The molecule has 6 heteroatoms. The van der Waals surface area contributed by atoms with E-state index in [1.807, 2.05) is 0 Å². The number of nitrogen functional groups attached to an aromatic ring is 1. The molecule has 0 radical (unpaired) electrons. The van der Waals surface area contributed by atoms with Gasteiger partial charge in [0.15, 0.2) is 0 Å². The topological polar surface area (TPSA) is 110 Å². The lowest BCUT2D eigenvalue weighted by atomic mass is 10.1. The van der Waals surface area contributed by atoms with E-state index >= 15 is 0 Å². The second-order valence-electron chi connectivity index (χ2n) is 4.14. The van der Waals surface area contributed by atoms with Gasteiger partial charge in [-0.05, 0) is 12.1 Å². The first-order valence-electron chi connectivity index (χ1n) is 5.52. The second-order valence-corrected chi connectivity index (χ2v) is 4.14. The lowest BCUT2D eigenvalue weighted by molar-refractivity contribution is -0.135. The molecule has 18 heavy (non-hydrogen) atoms. The number of hydrogen-bond acceptors (Lipinski definition) is 4. The number of hydrogen-bond donors (Lipinski definition) is 3. The number of nitrogens with two attached hydrogens (primary N) is 2. The maximum Gasteiger partial charge on any atom is 0.323 e. The number of carboxylic acid groups (broad SMARTS) is 1. The van der Waals surface area contributed by atoms with E-state index in [2.05, 4.69) is 0 Å². The SMILES string of the molecule is CC(CN(CC(=O)O)c1ccccc1N)C(N)=O. The van der Waals surface area contributed by atoms with Crippen LogP contribution in [0, 0.1) is 5.92 Å². The molecule has 0 saturated carbocycles. The number of amides is 1. The number of aliphatic carboxylic acids is 1. The Balaban J connectivity index is 2.95. The van der Waals surface area contributed by atoms with E-state index in [0.717, 1.165) is 0 Å². The number of carboxylic acids is 1. The molecule has 0 bridgehead atoms. The number of carbonyl (C=O) groups is 2. The molecule has 1 atom stereocenters. The van der Waals surface area contributed by atoms with Crippen molar-refractivity contribution in [1.29, 1.82) is 0 Å². The highest BCUT2D eigenvalue weighted by Crippen LogP contribution is 2.23. The first-order chi connectivity index (χ1) is 8.41. The molecule has 0 fully saturated rings. The van der Waals surface area contributed by atoms with E-state index < -0.39 is 17.8 Å². The van der Waals surface area contributed by atoms with Gasteiger partial charge in [0.2, 0.25) is 5.91 Å². The predicted octanol–water partition coefficient (Wildman–Crippen LogP) is 0.281. The molecule has 0 aliphatic carbocycles. The Bertz CT molecular complexity index is 448. The second kappa shape index (κ2) is 5.90. The summed E-state index contributed by atoms with van der Waals surface area (Å²) in [6.07, 6.45) is 0. The molecule has 1 unspecified atom stereocenters. The molecule has 5 N–H and O–H groups in total. The van der Waals surface area contributed by atoms with E-state index in [4.69, 9.17) is 16.6 Å². The number of benzene rings is 1. The Morgan fingerprint density at radius 3 is 2.50 bits per heavy atom. The van der Waals surface area contributed by atoms with Gasteiger partial charge in [-0.1, -0.05) is 19.1 Å². The summed E-state index contributed by atoms with van der Waals surface area (Å²) >= 11 is 0. The van der Waals surface area contributed by atoms with Crippen molar-refractivity contribution in [3.63, 3.8) is 0 Å². The normalized spacial score (nSPS) is 11.8. The number of carbonyl (C=O) groups excluding carboxylic acids is 1. The number of para-hydroxylation sites is 2. The summed E-state index contributed by atoms with van der Waals surface area (Å²) in [5, 5.41) is 8.89. The van der Waals surface area contributed by atoms with E-state index in [1.165, 1.54) is 4.90 Å². The molecule has 98 valence electrons. The van der Waals surface area contributed by atoms with Crippen molar-refractivity contribution in [1.82, 2.24) is 0 Å². The van der Waals surface area contributed by atoms with E-state index in [0.29, 0.717) is 11.4 Å². The van der Waals surface area contributed by atoms with Gasteiger partial charge in [0.25, 0.3) is 0 Å². The van der Waals surface area contributed by atoms with Crippen LogP contribution in [0.3, 0.4) is 0 Å². The summed E-state index contributed by atoms with van der Waals surface area (Å²) in [5.41, 5.74) is 12.0. The first kappa shape index (κ1) is 13.8. The van der Waals surface area contributed by atoms with Crippen molar-refractivity contribution in [3.05, 3.63) is 24.3 Å². The molecule has 6 nitrogen and oxygen atoms in total. The van der Waals surface area contributed by atoms with Gasteiger partial charge in [-0.25, -0.2) is 0 Å². The van der Waals surface area contributed by atoms with Crippen molar-refractivity contribution in [2.75, 3.05) is 23.7 Å². The molecule has 1 rings (SSSR count). The fourth-order valence-electron chi connectivity index (χ4n) is 1.61. The minimum atomic E-state index is -0.991. The zero-order valence-corrected chi connectivity index (χ0v) is 10.2. The fraction of sp³-hybridized carbons (Fsp3) is 0.333. The van der Waals surface area contributed by atoms with Crippen LogP contribution in [0.5, 0.6) is 0 Å². The summed E-state index contributed by atoms with van der Waals surface area (Å²) in [4.78, 5) is 23.4. The van der Waals surface area contributed by atoms with Gasteiger partial charge >= 0.3 is 5.97 Å². The summed E-state index contributed by atoms with van der Waals surface area (Å²) in [5.74, 6) is -1.92. The average molecular weight is 251 g/mol. The molecular formula is C12H17N3O3. The van der Waals surface area contributed by atoms with E-state index in [1.54, 1.807) is 31.2 Å². The molecule has 1 aromatic carbocycles. The van der Waals surface area contributed by atoms with Gasteiger partial charge in [-0.15, -0.1) is 0 Å². The van der Waals surface area contributed by atoms with Crippen LogP contribution < -0.4 is 16.4 Å². The van der Waals surface area contributed by atoms with E-state index in [9.17, 15) is 9.59 Å². The third-order valence-corrected chi connectivity index (χ3v) is 2.58. The molecule has 0 spiro atoms. The van der Waals surface area contributed by atoms with Crippen molar-refractivity contribution in [2.45, 2.75) is 6.92 Å². The number of nitrogens with zero attached hydrogens (tertiary/aromatic N) is 1. The predicted molar refractivity (Wildman–Crippen MR) is 69.1 cm³/mol. The van der Waals surface area contributed by atoms with Crippen LogP contribution in [-0.2, 0) is 9.59 Å². The van der Waals surface area contributed by atoms with Gasteiger partial charge in [0, 0.05) is 6.54 Å². The number of anilines is 2. The highest BCUT2D eigenvalue weighted by molar-refractivity contribution is 5.80. The standard InChI is InChI=1S/C12H17N3O3/c1-8(12(14)18)6-15(7-11(16)17)10-5-3-2-4-9(10)13/h2-5,8H,6-7,13H2,1H3,(H2,14,18)(H,16,17). The van der Waals surface area contributed by atoms with Gasteiger partial charge in [0.1, 0.15) is 6.54 Å². The highest BCUT2D eigenvalue weighted by atomic mass is 16.4. The third kappa shape index (κ3) is 3.65. The van der Waals surface area contributed by atoms with Crippen LogP contribution in [0.1, 0.15) is 6.92 Å². The van der Waals surface area contributed by atoms with Gasteiger partial charge in [0.05, 0.1) is 17.3 Å². The first-order valence-corrected chi connectivity index (χ1v) is 5.52. The average Bonchev–Trinajstić information content (AvgIpc) is 2.28. The van der Waals surface area contributed by atoms with Crippen molar-refractivity contribution >= 4 is 23.3 Å². The van der Waals surface area contributed by atoms with Crippen LogP contribution >= 0.6 is 0 Å². The molecule has 0 heterocycles. The van der Waals surface area contributed by atoms with Crippen LogP contribution in [-0.4, -0.2) is 30.1 Å². The molecular weight excluding hydrogens is 234 g/mol. The Hall–Kier alpha value is -2.24. The van der Waals surface area contributed by atoms with Gasteiger partial charge < -0.3 is 21.5 Å². The zero-order chi connectivity index (χ0) is 13.7. The highest BCUT2D eigenvalue weighted by Gasteiger charge is 2.18. The van der Waals surface area contributed by atoms with Gasteiger partial charge in [-0.2, -0.15) is 0 Å². The van der Waals surface area contributed by atoms with Crippen LogP contribution in [0.15, 0.2) is 24.3 Å². The Kier molecular flexibility index (Phi) is 4.53. The van der Waals surface area contributed by atoms with Crippen molar-refractivity contribution < 1.29 is 14.7 Å². The zero-order valence-electron chi connectivity index (χ0n) is 10.2. The van der Waals surface area contributed by atoms with Gasteiger partial charge in [-0.3, -0.25) is 9.59 Å². The fourth-order valence-corrected chi connectivity index (χ4v) is 1.61. The lowest BCUT2D eigenvalue weighted by Crippen LogP contribution is -2.38. The summed E-state index contributed by atoms with van der Waals surface area (Å²) in [6, 6.07) is 6.91. The maximum absolute atomic E-state index is 11.1. The minimum Gasteiger partial charge on any atom is -0.480 e. The van der Waals surface area contributed by atoms with E-state index in [-0.39, 0.29) is 13.1 Å². The lowest BCUT2D eigenvalue weighted by Gasteiger charge is -2.26. The van der Waals surface area contributed by atoms with Crippen LogP contribution in [0.25, 0.3) is 0 Å². The Labute approximate surface area is 105 Å². The quantitative estimate of drug-likeness (QED) is 0.629. The van der Waals surface area contributed by atoms with Crippen LogP contribution in [0.2, 0.25) is 0 Å². The smallest absolute Gasteiger partial charge is 0.323 e. The Morgan fingerprint density at radius 2 is 2.00 bits per heavy atom. The summed E-state index contributed by atoms with van der Waals surface area (Å²) in [7, 11) is 0. The molecule has 0 saturated heterocycles. The minimum absolute atomic E-state index is 0.218. The summed E-state index contributed by atoms with van der Waals surface area (Å²) < 4.78 is 0. The number of rotatable bonds is 6. The molecule has 1 amide bonds. The third-order valence-electron chi connectivity index (χ3n) is 2.58. The maximum atomic E-state index is 11.1. The molecule has 0 aromatic heterocycles. The molecule has 0 aliphatic rings. The largest absolute Gasteiger partial charge is 0.480 e. The summed E-state index contributed by atoms with van der Waals surface area (Å²) in [6.45, 7) is 1.64. The number of primary amides is 1. The monoisotopic (exact) mass is 251 g/mol. The molecule has 0 aliphatic heterocycles. The Morgan fingerprint density at radius 1 is 1.39 bits per heavy atom. The molecule has 1 aromatic rings. The van der Waals surface area contributed by atoms with Crippen LogP contribution in [0.4, 0.5) is 11.4 Å². The van der Waals surface area contributed by atoms with Crippen molar-refractivity contribution in [3.8, 4) is 0 Å². The van der Waals surface area contributed by atoms with Crippen molar-refractivity contribution in [2.24, 2.45) is 11.7 Å².